The normalized spacial score (nSPS) is 10.6. The molecular formula is C8H5ClF3GeO. The first-order valence-corrected chi connectivity index (χ1v) is 4.40. The average Bonchev–Trinajstić information content (AvgIpc) is 2.03. The minimum absolute atomic E-state index is 0. The van der Waals surface area contributed by atoms with Gasteiger partial charge in [0.05, 0.1) is 0 Å². The molecule has 0 aromatic heterocycles. The van der Waals surface area contributed by atoms with E-state index in [4.69, 9.17) is 0 Å². The van der Waals surface area contributed by atoms with Crippen LogP contribution in [0.5, 0.6) is 0 Å². The summed E-state index contributed by atoms with van der Waals surface area (Å²) >= 11 is 1.12. The summed E-state index contributed by atoms with van der Waals surface area (Å²) < 4.78 is 36.2. The van der Waals surface area contributed by atoms with Gasteiger partial charge in [-0.3, -0.25) is 0 Å². The number of hydrogen-bond acceptors (Lipinski definition) is 1. The zero-order valence-corrected chi connectivity index (χ0v) is 9.67. The van der Waals surface area contributed by atoms with Gasteiger partial charge in [-0.2, -0.15) is 0 Å². The van der Waals surface area contributed by atoms with Crippen molar-refractivity contribution < 1.29 is 18.0 Å². The molecule has 0 N–H and O–H groups in total. The van der Waals surface area contributed by atoms with Gasteiger partial charge in [0.15, 0.2) is 0 Å². The number of hydrogen-bond donors (Lipinski definition) is 0. The summed E-state index contributed by atoms with van der Waals surface area (Å²) in [6.45, 7) is 0. The molecule has 0 aliphatic carbocycles. The van der Waals surface area contributed by atoms with Crippen molar-refractivity contribution in [3.63, 3.8) is 0 Å². The van der Waals surface area contributed by atoms with E-state index in [0.717, 1.165) is 22.6 Å². The Kier molecular flexibility index (Phi) is 4.67. The van der Waals surface area contributed by atoms with Gasteiger partial charge in [0.2, 0.25) is 0 Å². The molecule has 75 valence electrons. The van der Waals surface area contributed by atoms with Gasteiger partial charge in [-0.1, -0.05) is 0 Å². The summed E-state index contributed by atoms with van der Waals surface area (Å²) in [5, 5.41) is 0. The predicted octanol–water partition coefficient (Wildman–Crippen LogP) is 2.44. The van der Waals surface area contributed by atoms with Crippen molar-refractivity contribution >= 4 is 33.5 Å². The van der Waals surface area contributed by atoms with E-state index < -0.39 is 16.4 Å². The van der Waals surface area contributed by atoms with Crippen LogP contribution in [-0.2, 0) is 6.18 Å². The molecule has 0 unspecified atom stereocenters. The Balaban J connectivity index is 0.00000169. The van der Waals surface area contributed by atoms with Crippen LogP contribution in [-0.4, -0.2) is 21.1 Å². The number of rotatable bonds is 1. The molecule has 0 heterocycles. The van der Waals surface area contributed by atoms with Crippen LogP contribution in [0.1, 0.15) is 15.9 Å². The van der Waals surface area contributed by atoms with Crippen LogP contribution < -0.4 is 0 Å². The van der Waals surface area contributed by atoms with Crippen LogP contribution in [0.4, 0.5) is 13.2 Å². The van der Waals surface area contributed by atoms with Crippen molar-refractivity contribution in [2.75, 3.05) is 0 Å². The van der Waals surface area contributed by atoms with E-state index in [9.17, 15) is 18.0 Å². The number of benzene rings is 1. The van der Waals surface area contributed by atoms with Crippen molar-refractivity contribution in [2.24, 2.45) is 0 Å². The third-order valence-corrected chi connectivity index (χ3v) is 2.04. The average molecular weight is 282 g/mol. The van der Waals surface area contributed by atoms with Crippen molar-refractivity contribution in [3.05, 3.63) is 35.4 Å². The third kappa shape index (κ3) is 3.02. The summed E-state index contributed by atoms with van der Waals surface area (Å²) in [6.07, 6.45) is -4.46. The summed E-state index contributed by atoms with van der Waals surface area (Å²) in [6, 6.07) is 4.74. The number of alkyl halides is 3. The van der Waals surface area contributed by atoms with Gasteiger partial charge in [-0.25, -0.2) is 0 Å². The molecule has 3 radical (unpaired) electrons. The molecule has 0 aliphatic rings. The van der Waals surface area contributed by atoms with Crippen molar-refractivity contribution in [1.29, 1.82) is 0 Å². The Morgan fingerprint density at radius 1 is 1.21 bits per heavy atom. The quantitative estimate of drug-likeness (QED) is 0.723. The molecule has 0 spiro atoms. The summed E-state index contributed by atoms with van der Waals surface area (Å²) in [7, 11) is 0. The molecule has 1 nitrogen and oxygen atoms in total. The van der Waals surface area contributed by atoms with E-state index >= 15 is 0 Å². The van der Waals surface area contributed by atoms with Gasteiger partial charge < -0.3 is 0 Å². The van der Waals surface area contributed by atoms with Gasteiger partial charge in [-0.15, -0.1) is 12.4 Å². The monoisotopic (exact) mass is 283 g/mol. The molecule has 0 atom stereocenters. The Labute approximate surface area is 93.3 Å². The molecule has 0 bridgehead atoms. The van der Waals surface area contributed by atoms with E-state index in [1.54, 1.807) is 0 Å². The molecule has 1 rings (SSSR count). The van der Waals surface area contributed by atoms with Crippen LogP contribution in [0.2, 0.25) is 0 Å². The molecule has 1 aromatic carbocycles. The Morgan fingerprint density at radius 3 is 2.07 bits per heavy atom. The summed E-state index contributed by atoms with van der Waals surface area (Å²) in [5.74, 6) is 0. The summed E-state index contributed by atoms with van der Waals surface area (Å²) in [5.41, 5.74) is -1.16. The fraction of sp³-hybridized carbons (Fsp3) is 0.125. The SMILES string of the molecule is Cl.O=[C]([Ge])c1ccccc1C(F)(F)F. The topological polar surface area (TPSA) is 17.1 Å². The second-order valence-corrected chi connectivity index (χ2v) is 3.33. The maximum atomic E-state index is 12.3. The van der Waals surface area contributed by atoms with Crippen molar-refractivity contribution in [3.8, 4) is 0 Å². The summed E-state index contributed by atoms with van der Waals surface area (Å²) in [4.78, 5) is 10.8. The third-order valence-electron chi connectivity index (χ3n) is 1.48. The predicted molar refractivity (Wildman–Crippen MR) is 48.8 cm³/mol. The second-order valence-electron chi connectivity index (χ2n) is 2.37. The van der Waals surface area contributed by atoms with Crippen LogP contribution in [0.25, 0.3) is 0 Å². The van der Waals surface area contributed by atoms with Gasteiger partial charge in [0.25, 0.3) is 0 Å². The van der Waals surface area contributed by atoms with Gasteiger partial charge in [-0.05, 0) is 0 Å². The minimum atomic E-state index is -4.46. The second kappa shape index (κ2) is 4.84. The van der Waals surface area contributed by atoms with E-state index in [1.165, 1.54) is 18.2 Å². The fourth-order valence-electron chi connectivity index (χ4n) is 0.928. The number of carbonyl (C=O) groups excluding carboxylic acids is 1. The first-order chi connectivity index (χ1) is 5.93. The van der Waals surface area contributed by atoms with E-state index in [0.29, 0.717) is 0 Å². The molecule has 6 heteroatoms. The molecule has 0 aliphatic heterocycles. The zero-order valence-electron chi connectivity index (χ0n) is 6.76. The van der Waals surface area contributed by atoms with Crippen LogP contribution >= 0.6 is 12.4 Å². The molecule has 14 heavy (non-hydrogen) atoms. The molecular weight excluding hydrogens is 277 g/mol. The molecule has 0 fully saturated rings. The standard InChI is InChI=1S/C8H4F3GeO.ClH/c9-8(10,11)6-4-2-1-3-5(6)7(12)13;/h1-4H;1H. The molecule has 0 saturated heterocycles. The Hall–Kier alpha value is -0.487. The van der Waals surface area contributed by atoms with Crippen LogP contribution in [0.15, 0.2) is 24.3 Å². The van der Waals surface area contributed by atoms with E-state index in [-0.39, 0.29) is 18.0 Å². The van der Waals surface area contributed by atoms with E-state index in [2.05, 4.69) is 0 Å². The fourth-order valence-corrected chi connectivity index (χ4v) is 1.39. The molecule has 0 saturated carbocycles. The first kappa shape index (κ1) is 13.5. The van der Waals surface area contributed by atoms with Gasteiger partial charge in [0, 0.05) is 0 Å². The van der Waals surface area contributed by atoms with Crippen molar-refractivity contribution in [2.45, 2.75) is 6.18 Å². The number of carbonyl (C=O) groups is 1. The zero-order chi connectivity index (χ0) is 10.1. The number of halogens is 4. The maximum absolute atomic E-state index is 12.3. The Morgan fingerprint density at radius 2 is 1.71 bits per heavy atom. The first-order valence-electron chi connectivity index (χ1n) is 3.35. The van der Waals surface area contributed by atoms with Crippen LogP contribution in [0, 0.1) is 0 Å². The van der Waals surface area contributed by atoms with Crippen LogP contribution in [0.3, 0.4) is 0 Å². The van der Waals surface area contributed by atoms with Gasteiger partial charge in [0.1, 0.15) is 0 Å². The Bertz CT molecular complexity index is 338. The molecule has 1 aromatic rings. The molecule has 0 amide bonds. The van der Waals surface area contributed by atoms with Gasteiger partial charge >= 0.3 is 80.7 Å². The van der Waals surface area contributed by atoms with E-state index in [1.807, 2.05) is 0 Å². The van der Waals surface area contributed by atoms with Crippen molar-refractivity contribution in [1.82, 2.24) is 0 Å².